The Kier molecular flexibility index (Phi) is 4.34. The molecule has 0 amide bonds. The van der Waals surface area contributed by atoms with E-state index in [1.807, 2.05) is 31.2 Å². The molecule has 2 nitrogen and oxygen atoms in total. The van der Waals surface area contributed by atoms with E-state index in [2.05, 4.69) is 31.8 Å². The first-order chi connectivity index (χ1) is 9.41. The molecule has 0 fully saturated rings. The van der Waals surface area contributed by atoms with E-state index in [0.717, 1.165) is 22.8 Å². The van der Waals surface area contributed by atoms with Gasteiger partial charge in [-0.2, -0.15) is 0 Å². The monoisotopic (exact) mass is 289 g/mol. The smallest absolute Gasteiger partial charge is 0.135 e. The van der Waals surface area contributed by atoms with Gasteiger partial charge in [0.15, 0.2) is 0 Å². The lowest BCUT2D eigenvalue weighted by molar-refractivity contribution is 0.451. The highest BCUT2D eigenvalue weighted by Crippen LogP contribution is 2.35. The van der Waals surface area contributed by atoms with Gasteiger partial charge in [0.2, 0.25) is 0 Å². The first-order valence-electron chi connectivity index (χ1n) is 6.70. The molecular weight excluding hydrogens is 270 g/mol. The summed E-state index contributed by atoms with van der Waals surface area (Å²) in [6.07, 6.45) is 1.78. The molecule has 1 aromatic carbocycles. The second-order valence-corrected chi connectivity index (χ2v) is 6.18. The predicted molar refractivity (Wildman–Crippen MR) is 83.7 cm³/mol. The zero-order valence-corrected chi connectivity index (χ0v) is 13.2. The summed E-state index contributed by atoms with van der Waals surface area (Å²) in [5.74, 6) is 2.04. The predicted octanol–water partition coefficient (Wildman–Crippen LogP) is 5.22. The Balaban J connectivity index is 2.43. The molecule has 0 N–H and O–H groups in total. The average Bonchev–Trinajstić information content (AvgIpc) is 2.38. The minimum absolute atomic E-state index is 0.0276. The fourth-order valence-corrected chi connectivity index (χ4v) is 2.25. The van der Waals surface area contributed by atoms with Gasteiger partial charge in [-0.1, -0.05) is 39.0 Å². The van der Waals surface area contributed by atoms with E-state index in [-0.39, 0.29) is 5.41 Å². The van der Waals surface area contributed by atoms with Crippen LogP contribution in [0.25, 0.3) is 0 Å². The van der Waals surface area contributed by atoms with Crippen molar-refractivity contribution in [3.63, 3.8) is 0 Å². The van der Waals surface area contributed by atoms with Gasteiger partial charge in [0.05, 0.1) is 5.88 Å². The maximum Gasteiger partial charge on any atom is 0.135 e. The van der Waals surface area contributed by atoms with Gasteiger partial charge in [0.25, 0.3) is 0 Å². The van der Waals surface area contributed by atoms with E-state index in [1.54, 1.807) is 6.20 Å². The van der Waals surface area contributed by atoms with Crippen molar-refractivity contribution in [2.45, 2.75) is 39.0 Å². The number of aromatic nitrogens is 1. The number of nitrogens with zero attached hydrogens (tertiary/aromatic N) is 1. The van der Waals surface area contributed by atoms with Crippen LogP contribution in [-0.4, -0.2) is 4.98 Å². The van der Waals surface area contributed by atoms with Gasteiger partial charge < -0.3 is 4.74 Å². The molecular formula is C17H20ClNO. The number of rotatable bonds is 3. The average molecular weight is 290 g/mol. The summed E-state index contributed by atoms with van der Waals surface area (Å²) in [4.78, 5) is 4.26. The van der Waals surface area contributed by atoms with Gasteiger partial charge in [-0.25, -0.2) is 0 Å². The topological polar surface area (TPSA) is 22.1 Å². The summed E-state index contributed by atoms with van der Waals surface area (Å²) in [7, 11) is 0. The van der Waals surface area contributed by atoms with Crippen molar-refractivity contribution in [3.8, 4) is 11.5 Å². The van der Waals surface area contributed by atoms with Gasteiger partial charge in [-0.3, -0.25) is 4.98 Å². The molecule has 3 heteroatoms. The first kappa shape index (κ1) is 14.9. The Morgan fingerprint density at radius 3 is 2.50 bits per heavy atom. The van der Waals surface area contributed by atoms with Crippen LogP contribution in [0.3, 0.4) is 0 Å². The van der Waals surface area contributed by atoms with Gasteiger partial charge in [-0.15, -0.1) is 11.6 Å². The first-order valence-corrected chi connectivity index (χ1v) is 7.24. The normalized spacial score (nSPS) is 11.4. The molecule has 0 atom stereocenters. The van der Waals surface area contributed by atoms with Crippen LogP contribution in [0.2, 0.25) is 0 Å². The van der Waals surface area contributed by atoms with Gasteiger partial charge in [-0.05, 0) is 18.4 Å². The molecule has 0 aliphatic rings. The van der Waals surface area contributed by atoms with Crippen LogP contribution >= 0.6 is 11.6 Å². The van der Waals surface area contributed by atoms with E-state index < -0.39 is 0 Å². The number of pyridine rings is 1. The quantitative estimate of drug-likeness (QED) is 0.723. The van der Waals surface area contributed by atoms with Crippen molar-refractivity contribution >= 4 is 11.6 Å². The molecule has 0 spiro atoms. The van der Waals surface area contributed by atoms with Crippen molar-refractivity contribution in [1.29, 1.82) is 0 Å². The van der Waals surface area contributed by atoms with Crippen LogP contribution in [0.1, 0.15) is 37.6 Å². The summed E-state index contributed by atoms with van der Waals surface area (Å²) >= 11 is 5.96. The van der Waals surface area contributed by atoms with E-state index >= 15 is 0 Å². The van der Waals surface area contributed by atoms with Gasteiger partial charge in [0.1, 0.15) is 11.5 Å². The van der Waals surface area contributed by atoms with Crippen molar-refractivity contribution in [3.05, 3.63) is 53.3 Å². The molecule has 0 saturated heterocycles. The van der Waals surface area contributed by atoms with Crippen LogP contribution in [0.5, 0.6) is 11.5 Å². The number of hydrogen-bond donors (Lipinski definition) is 0. The lowest BCUT2D eigenvalue weighted by Crippen LogP contribution is -2.12. The summed E-state index contributed by atoms with van der Waals surface area (Å²) in [5, 5.41) is 0. The number of para-hydroxylation sites is 1. The molecule has 0 bridgehead atoms. The van der Waals surface area contributed by atoms with Crippen LogP contribution < -0.4 is 4.74 Å². The lowest BCUT2D eigenvalue weighted by atomic mass is 9.86. The van der Waals surface area contributed by atoms with Crippen molar-refractivity contribution in [1.82, 2.24) is 4.98 Å². The summed E-state index contributed by atoms with van der Waals surface area (Å²) in [5.41, 5.74) is 3.03. The number of halogens is 1. The van der Waals surface area contributed by atoms with Crippen molar-refractivity contribution in [2.24, 2.45) is 0 Å². The molecule has 0 saturated carbocycles. The van der Waals surface area contributed by atoms with E-state index in [9.17, 15) is 0 Å². The molecule has 0 aliphatic carbocycles. The Morgan fingerprint density at radius 2 is 1.85 bits per heavy atom. The number of alkyl halides is 1. The van der Waals surface area contributed by atoms with Crippen molar-refractivity contribution < 1.29 is 4.74 Å². The zero-order chi connectivity index (χ0) is 14.8. The Hall–Kier alpha value is -1.54. The molecule has 1 aromatic heterocycles. The number of ether oxygens (including phenoxy) is 1. The second kappa shape index (κ2) is 5.84. The standard InChI is InChI=1S/C17H20ClNO/c1-12-9-16(13(10-18)11-19-12)20-15-8-6-5-7-14(15)17(2,3)4/h5-9,11H,10H2,1-4H3. The van der Waals surface area contributed by atoms with E-state index in [1.165, 1.54) is 5.56 Å². The lowest BCUT2D eigenvalue weighted by Gasteiger charge is -2.23. The fourth-order valence-electron chi connectivity index (χ4n) is 2.05. The second-order valence-electron chi connectivity index (χ2n) is 5.92. The van der Waals surface area contributed by atoms with Gasteiger partial charge in [0, 0.05) is 29.1 Å². The highest BCUT2D eigenvalue weighted by atomic mass is 35.5. The molecule has 0 radical (unpaired) electrons. The zero-order valence-electron chi connectivity index (χ0n) is 12.4. The Morgan fingerprint density at radius 1 is 1.15 bits per heavy atom. The van der Waals surface area contributed by atoms with E-state index in [0.29, 0.717) is 5.88 Å². The third kappa shape index (κ3) is 3.31. The third-order valence-electron chi connectivity index (χ3n) is 3.14. The molecule has 0 aliphatic heterocycles. The molecule has 0 unspecified atom stereocenters. The van der Waals surface area contributed by atoms with Gasteiger partial charge >= 0.3 is 0 Å². The summed E-state index contributed by atoms with van der Waals surface area (Å²) in [6, 6.07) is 10.0. The number of benzene rings is 1. The van der Waals surface area contributed by atoms with Crippen LogP contribution in [0, 0.1) is 6.92 Å². The SMILES string of the molecule is Cc1cc(Oc2ccccc2C(C)(C)C)c(CCl)cn1. The minimum Gasteiger partial charge on any atom is -0.457 e. The minimum atomic E-state index is 0.0276. The highest BCUT2D eigenvalue weighted by molar-refractivity contribution is 6.17. The fraction of sp³-hybridized carbons (Fsp3) is 0.353. The highest BCUT2D eigenvalue weighted by Gasteiger charge is 2.19. The van der Waals surface area contributed by atoms with Crippen molar-refractivity contribution in [2.75, 3.05) is 0 Å². The maximum atomic E-state index is 6.11. The molecule has 1 heterocycles. The maximum absolute atomic E-state index is 6.11. The number of aryl methyl sites for hydroxylation is 1. The summed E-state index contributed by atoms with van der Waals surface area (Å²) in [6.45, 7) is 8.47. The molecule has 106 valence electrons. The molecule has 2 aromatic rings. The number of hydrogen-bond acceptors (Lipinski definition) is 2. The largest absolute Gasteiger partial charge is 0.457 e. The van der Waals surface area contributed by atoms with Crippen LogP contribution in [0.4, 0.5) is 0 Å². The summed E-state index contributed by atoms with van der Waals surface area (Å²) < 4.78 is 6.11. The van der Waals surface area contributed by atoms with E-state index in [4.69, 9.17) is 16.3 Å². The molecule has 2 rings (SSSR count). The van der Waals surface area contributed by atoms with Crippen LogP contribution in [0.15, 0.2) is 36.5 Å². The Labute approximate surface area is 125 Å². The third-order valence-corrected chi connectivity index (χ3v) is 3.43. The van der Waals surface area contributed by atoms with Crippen LogP contribution in [-0.2, 0) is 11.3 Å². The Bertz CT molecular complexity index is 602. The molecule has 20 heavy (non-hydrogen) atoms.